The molecular formula is C23H28N2O4S. The summed E-state index contributed by atoms with van der Waals surface area (Å²) in [5, 5.41) is 0. The second kappa shape index (κ2) is 8.78. The van der Waals surface area contributed by atoms with Crippen LogP contribution in [0, 0.1) is 0 Å². The van der Waals surface area contributed by atoms with Gasteiger partial charge in [0.1, 0.15) is 11.8 Å². The summed E-state index contributed by atoms with van der Waals surface area (Å²) in [5.74, 6) is 0.707. The number of piperidine rings is 1. The van der Waals surface area contributed by atoms with Gasteiger partial charge in [-0.2, -0.15) is 4.31 Å². The Morgan fingerprint density at radius 3 is 2.63 bits per heavy atom. The van der Waals surface area contributed by atoms with Crippen LogP contribution in [0.25, 0.3) is 0 Å². The van der Waals surface area contributed by atoms with Crippen LogP contribution in [0.1, 0.15) is 37.3 Å². The first-order valence-electron chi connectivity index (χ1n) is 10.6. The van der Waals surface area contributed by atoms with Gasteiger partial charge in [-0.25, -0.2) is 8.42 Å². The molecule has 4 rings (SSSR count). The average Bonchev–Trinajstić information content (AvgIpc) is 2.79. The molecule has 2 aromatic carbocycles. The van der Waals surface area contributed by atoms with E-state index in [1.54, 1.807) is 30.3 Å². The molecular weight excluding hydrogens is 400 g/mol. The van der Waals surface area contributed by atoms with Gasteiger partial charge in [-0.15, -0.1) is 0 Å². The van der Waals surface area contributed by atoms with Crippen molar-refractivity contribution in [3.8, 4) is 5.75 Å². The van der Waals surface area contributed by atoms with E-state index in [0.717, 1.165) is 30.6 Å². The topological polar surface area (TPSA) is 66.9 Å². The number of ether oxygens (including phenoxy) is 1. The van der Waals surface area contributed by atoms with Crippen LogP contribution in [0.5, 0.6) is 5.75 Å². The van der Waals surface area contributed by atoms with E-state index in [1.165, 1.54) is 9.87 Å². The summed E-state index contributed by atoms with van der Waals surface area (Å²) in [6.07, 6.45) is 2.96. The molecule has 1 saturated heterocycles. The largest absolute Gasteiger partial charge is 0.494 e. The van der Waals surface area contributed by atoms with E-state index >= 15 is 0 Å². The molecule has 0 aromatic heterocycles. The fraction of sp³-hybridized carbons (Fsp3) is 0.435. The summed E-state index contributed by atoms with van der Waals surface area (Å²) in [4.78, 5) is 15.5. The van der Waals surface area contributed by atoms with E-state index in [0.29, 0.717) is 32.7 Å². The Labute approximate surface area is 178 Å². The molecule has 7 heteroatoms. The van der Waals surface area contributed by atoms with Crippen LogP contribution in [-0.4, -0.2) is 49.3 Å². The second-order valence-corrected chi connectivity index (χ2v) is 9.70. The van der Waals surface area contributed by atoms with Crippen molar-refractivity contribution in [2.45, 2.75) is 50.1 Å². The molecule has 0 radical (unpaired) electrons. The zero-order chi connectivity index (χ0) is 21.1. The van der Waals surface area contributed by atoms with E-state index in [-0.39, 0.29) is 10.8 Å². The van der Waals surface area contributed by atoms with Gasteiger partial charge in [0, 0.05) is 19.6 Å². The maximum Gasteiger partial charge on any atom is 0.243 e. The first kappa shape index (κ1) is 20.9. The minimum Gasteiger partial charge on any atom is -0.494 e. The summed E-state index contributed by atoms with van der Waals surface area (Å²) < 4.78 is 33.5. The highest BCUT2D eigenvalue weighted by atomic mass is 32.2. The van der Waals surface area contributed by atoms with Gasteiger partial charge in [0.25, 0.3) is 0 Å². The van der Waals surface area contributed by atoms with Crippen molar-refractivity contribution in [2.75, 3.05) is 19.7 Å². The molecule has 6 nitrogen and oxygen atoms in total. The van der Waals surface area contributed by atoms with E-state index in [4.69, 9.17) is 4.74 Å². The van der Waals surface area contributed by atoms with Gasteiger partial charge in [0.2, 0.25) is 15.9 Å². The lowest BCUT2D eigenvalue weighted by Gasteiger charge is -2.38. The van der Waals surface area contributed by atoms with Crippen molar-refractivity contribution in [3.63, 3.8) is 0 Å². The first-order chi connectivity index (χ1) is 14.5. The number of hydrogen-bond donors (Lipinski definition) is 0. The second-order valence-electron chi connectivity index (χ2n) is 7.81. The fourth-order valence-electron chi connectivity index (χ4n) is 4.36. The Hall–Kier alpha value is -2.38. The highest BCUT2D eigenvalue weighted by Gasteiger charge is 2.40. The quantitative estimate of drug-likeness (QED) is 0.733. The van der Waals surface area contributed by atoms with Gasteiger partial charge in [-0.05, 0) is 61.6 Å². The lowest BCUT2D eigenvalue weighted by atomic mass is 9.97. The summed E-state index contributed by atoms with van der Waals surface area (Å²) in [6, 6.07) is 13.8. The number of amides is 1. The fourth-order valence-corrected chi connectivity index (χ4v) is 6.03. The number of rotatable bonds is 5. The number of hydrogen-bond acceptors (Lipinski definition) is 4. The van der Waals surface area contributed by atoms with Crippen molar-refractivity contribution >= 4 is 15.9 Å². The van der Waals surface area contributed by atoms with E-state index < -0.39 is 16.1 Å². The van der Waals surface area contributed by atoms with Crippen LogP contribution in [0.15, 0.2) is 53.4 Å². The predicted molar refractivity (Wildman–Crippen MR) is 115 cm³/mol. The smallest absolute Gasteiger partial charge is 0.243 e. The Bertz CT molecular complexity index is 1010. The van der Waals surface area contributed by atoms with Gasteiger partial charge < -0.3 is 9.64 Å². The number of fused-ring (bicyclic) bond motifs is 1. The number of nitrogens with zero attached hydrogens (tertiary/aromatic N) is 2. The van der Waals surface area contributed by atoms with Crippen LogP contribution < -0.4 is 4.74 Å². The molecule has 30 heavy (non-hydrogen) atoms. The van der Waals surface area contributed by atoms with Crippen molar-refractivity contribution in [2.24, 2.45) is 0 Å². The Balaban J connectivity index is 1.56. The zero-order valence-corrected chi connectivity index (χ0v) is 18.1. The molecule has 2 heterocycles. The van der Waals surface area contributed by atoms with Crippen LogP contribution in [-0.2, 0) is 27.8 Å². The highest BCUT2D eigenvalue weighted by Crippen LogP contribution is 2.29. The van der Waals surface area contributed by atoms with Gasteiger partial charge in [-0.1, -0.05) is 30.7 Å². The molecule has 2 aliphatic rings. The van der Waals surface area contributed by atoms with E-state index in [9.17, 15) is 13.2 Å². The van der Waals surface area contributed by atoms with Gasteiger partial charge >= 0.3 is 0 Å². The molecule has 0 aliphatic carbocycles. The van der Waals surface area contributed by atoms with Crippen molar-refractivity contribution in [3.05, 3.63) is 59.7 Å². The third kappa shape index (κ3) is 4.09. The molecule has 2 aliphatic heterocycles. The molecule has 2 aromatic rings. The summed E-state index contributed by atoms with van der Waals surface area (Å²) in [5.41, 5.74) is 2.30. The molecule has 0 saturated carbocycles. The molecule has 0 bridgehead atoms. The van der Waals surface area contributed by atoms with Crippen molar-refractivity contribution < 1.29 is 17.9 Å². The molecule has 0 N–H and O–H groups in total. The Morgan fingerprint density at radius 1 is 1.07 bits per heavy atom. The number of benzene rings is 2. The highest BCUT2D eigenvalue weighted by molar-refractivity contribution is 7.89. The standard InChI is InChI=1S/C23H28N2O4S/c1-2-29-20-12-11-18-13-15-24(17-19(18)16-20)23(26)22-10-6-7-14-25(22)30(27,28)21-8-4-3-5-9-21/h3-5,8-9,11-12,16,22H,2,6-7,10,13-15,17H2,1H3. The number of carbonyl (C=O) groups excluding carboxylic acids is 1. The van der Waals surface area contributed by atoms with Crippen LogP contribution in [0.4, 0.5) is 0 Å². The Morgan fingerprint density at radius 2 is 1.87 bits per heavy atom. The third-order valence-electron chi connectivity index (χ3n) is 5.90. The maximum atomic E-state index is 13.5. The normalized spacial score (nSPS) is 19.9. The SMILES string of the molecule is CCOc1ccc2c(c1)CN(C(=O)C1CCCCN1S(=O)(=O)c1ccccc1)CC2. The minimum atomic E-state index is -3.70. The molecule has 1 amide bonds. The van der Waals surface area contributed by atoms with Gasteiger partial charge in [0.15, 0.2) is 0 Å². The van der Waals surface area contributed by atoms with E-state index in [1.807, 2.05) is 24.0 Å². The summed E-state index contributed by atoms with van der Waals surface area (Å²) in [7, 11) is -3.70. The van der Waals surface area contributed by atoms with Crippen molar-refractivity contribution in [1.82, 2.24) is 9.21 Å². The zero-order valence-electron chi connectivity index (χ0n) is 17.3. The lowest BCUT2D eigenvalue weighted by Crippen LogP contribution is -2.53. The summed E-state index contributed by atoms with van der Waals surface area (Å²) in [6.45, 7) is 4.02. The molecule has 1 atom stereocenters. The van der Waals surface area contributed by atoms with Crippen LogP contribution in [0.3, 0.4) is 0 Å². The van der Waals surface area contributed by atoms with Gasteiger partial charge in [-0.3, -0.25) is 4.79 Å². The molecule has 0 spiro atoms. The molecule has 1 unspecified atom stereocenters. The third-order valence-corrected chi connectivity index (χ3v) is 7.82. The minimum absolute atomic E-state index is 0.0957. The monoisotopic (exact) mass is 428 g/mol. The van der Waals surface area contributed by atoms with Crippen LogP contribution >= 0.6 is 0 Å². The van der Waals surface area contributed by atoms with E-state index in [2.05, 4.69) is 6.07 Å². The predicted octanol–water partition coefficient (Wildman–Crippen LogP) is 3.21. The van der Waals surface area contributed by atoms with Crippen molar-refractivity contribution in [1.29, 1.82) is 0 Å². The first-order valence-corrected chi connectivity index (χ1v) is 12.0. The lowest BCUT2D eigenvalue weighted by molar-refractivity contribution is -0.137. The Kier molecular flexibility index (Phi) is 6.11. The maximum absolute atomic E-state index is 13.5. The molecule has 1 fully saturated rings. The van der Waals surface area contributed by atoms with Gasteiger partial charge in [0.05, 0.1) is 11.5 Å². The molecule has 160 valence electrons. The average molecular weight is 429 g/mol. The summed E-state index contributed by atoms with van der Waals surface area (Å²) >= 11 is 0. The number of carbonyl (C=O) groups is 1. The number of sulfonamides is 1. The van der Waals surface area contributed by atoms with Crippen LogP contribution in [0.2, 0.25) is 0 Å².